The van der Waals surface area contributed by atoms with Crippen molar-refractivity contribution < 1.29 is 4.79 Å². The number of rotatable bonds is 3. The largest absolute Gasteiger partial charge is 0.397 e. The molecule has 1 aromatic carbocycles. The molecule has 2 rings (SSSR count). The summed E-state index contributed by atoms with van der Waals surface area (Å²) in [6, 6.07) is 11.4. The molecule has 98 valence electrons. The van der Waals surface area contributed by atoms with E-state index in [-0.39, 0.29) is 11.8 Å². The zero-order valence-corrected chi connectivity index (χ0v) is 11.1. The van der Waals surface area contributed by atoms with Crippen molar-refractivity contribution in [1.82, 2.24) is 4.98 Å². The summed E-state index contributed by atoms with van der Waals surface area (Å²) in [5, 5.41) is 2.83. The lowest BCUT2D eigenvalue weighted by Crippen LogP contribution is -2.20. The Balaban J connectivity index is 2.13. The predicted octanol–water partition coefficient (Wildman–Crippen LogP) is 2.71. The summed E-state index contributed by atoms with van der Waals surface area (Å²) in [5.41, 5.74) is 8.06. The molecule has 1 amide bonds. The van der Waals surface area contributed by atoms with Crippen molar-refractivity contribution in [2.75, 3.05) is 11.1 Å². The third-order valence-corrected chi connectivity index (χ3v) is 3.03. The molecule has 0 fully saturated rings. The van der Waals surface area contributed by atoms with Gasteiger partial charge in [0.2, 0.25) is 5.91 Å². The summed E-state index contributed by atoms with van der Waals surface area (Å²) in [6.45, 7) is 3.74. The van der Waals surface area contributed by atoms with Gasteiger partial charge in [-0.25, -0.2) is 4.98 Å². The van der Waals surface area contributed by atoms with E-state index in [2.05, 4.69) is 10.3 Å². The number of nitrogens with one attached hydrogen (secondary N) is 1. The molecule has 0 saturated carbocycles. The van der Waals surface area contributed by atoms with Crippen LogP contribution in [0.4, 0.5) is 11.5 Å². The normalized spacial score (nSPS) is 11.9. The first-order valence-electron chi connectivity index (χ1n) is 6.16. The molecule has 0 radical (unpaired) electrons. The zero-order chi connectivity index (χ0) is 13.8. The highest BCUT2D eigenvalue weighted by molar-refractivity contribution is 5.95. The number of benzene rings is 1. The number of aromatic nitrogens is 1. The molecule has 0 saturated heterocycles. The third-order valence-electron chi connectivity index (χ3n) is 3.03. The highest BCUT2D eigenvalue weighted by Gasteiger charge is 2.16. The van der Waals surface area contributed by atoms with Crippen LogP contribution in [-0.4, -0.2) is 10.9 Å². The third kappa shape index (κ3) is 3.10. The summed E-state index contributed by atoms with van der Waals surface area (Å²) in [4.78, 5) is 16.3. The number of carbonyl (C=O) groups is 1. The Labute approximate surface area is 112 Å². The average molecular weight is 255 g/mol. The van der Waals surface area contributed by atoms with Crippen LogP contribution >= 0.6 is 0 Å². The van der Waals surface area contributed by atoms with Crippen LogP contribution in [0.25, 0.3) is 0 Å². The van der Waals surface area contributed by atoms with E-state index >= 15 is 0 Å². The fourth-order valence-electron chi connectivity index (χ4n) is 1.85. The van der Waals surface area contributed by atoms with E-state index in [1.165, 1.54) is 6.20 Å². The van der Waals surface area contributed by atoms with Gasteiger partial charge in [0.05, 0.1) is 17.8 Å². The van der Waals surface area contributed by atoms with Crippen LogP contribution < -0.4 is 11.1 Å². The van der Waals surface area contributed by atoms with Crippen molar-refractivity contribution >= 4 is 17.4 Å². The number of pyridine rings is 1. The Morgan fingerprint density at radius 1 is 1.32 bits per heavy atom. The molecule has 1 aromatic heterocycles. The van der Waals surface area contributed by atoms with Crippen LogP contribution in [0, 0.1) is 6.92 Å². The highest BCUT2D eigenvalue weighted by Crippen LogP contribution is 2.19. The Morgan fingerprint density at radius 3 is 2.63 bits per heavy atom. The van der Waals surface area contributed by atoms with Gasteiger partial charge in [-0.15, -0.1) is 0 Å². The van der Waals surface area contributed by atoms with Crippen molar-refractivity contribution in [1.29, 1.82) is 0 Å². The molecule has 4 heteroatoms. The second-order valence-corrected chi connectivity index (χ2v) is 4.56. The van der Waals surface area contributed by atoms with Gasteiger partial charge in [0.1, 0.15) is 5.82 Å². The van der Waals surface area contributed by atoms with Crippen molar-refractivity contribution in [3.05, 3.63) is 53.7 Å². The maximum atomic E-state index is 12.2. The quantitative estimate of drug-likeness (QED) is 0.886. The molecule has 1 unspecified atom stereocenters. The number of nitrogen functional groups attached to an aromatic ring is 1. The minimum atomic E-state index is -0.222. The van der Waals surface area contributed by atoms with Crippen LogP contribution in [0.5, 0.6) is 0 Å². The number of hydrogen-bond donors (Lipinski definition) is 2. The highest BCUT2D eigenvalue weighted by atomic mass is 16.1. The second kappa shape index (κ2) is 5.52. The minimum Gasteiger partial charge on any atom is -0.397 e. The molecule has 1 heterocycles. The first-order valence-corrected chi connectivity index (χ1v) is 6.16. The van der Waals surface area contributed by atoms with Gasteiger partial charge < -0.3 is 11.1 Å². The Morgan fingerprint density at radius 2 is 2.00 bits per heavy atom. The molecule has 4 nitrogen and oxygen atoms in total. The standard InChI is InChI=1S/C15H17N3O/c1-10-8-13(16)9-17-14(10)18-15(19)11(2)12-6-4-3-5-7-12/h3-9,11H,16H2,1-2H3,(H,17,18,19). The number of carbonyl (C=O) groups excluding carboxylic acids is 1. The van der Waals surface area contributed by atoms with Gasteiger partial charge in [0, 0.05) is 0 Å². The fourth-order valence-corrected chi connectivity index (χ4v) is 1.85. The van der Waals surface area contributed by atoms with Gasteiger partial charge in [-0.2, -0.15) is 0 Å². The smallest absolute Gasteiger partial charge is 0.232 e. The van der Waals surface area contributed by atoms with E-state index in [1.54, 1.807) is 6.07 Å². The van der Waals surface area contributed by atoms with Crippen LogP contribution in [0.15, 0.2) is 42.6 Å². The molecule has 19 heavy (non-hydrogen) atoms. The maximum absolute atomic E-state index is 12.2. The maximum Gasteiger partial charge on any atom is 0.232 e. The number of anilines is 2. The first-order chi connectivity index (χ1) is 9.08. The fraction of sp³-hybridized carbons (Fsp3) is 0.200. The Bertz CT molecular complexity index is 581. The predicted molar refractivity (Wildman–Crippen MR) is 76.9 cm³/mol. The summed E-state index contributed by atoms with van der Waals surface area (Å²) in [7, 11) is 0. The molecule has 0 aliphatic rings. The molecular weight excluding hydrogens is 238 g/mol. The Hall–Kier alpha value is -2.36. The van der Waals surface area contributed by atoms with Crippen molar-refractivity contribution in [2.45, 2.75) is 19.8 Å². The number of hydrogen-bond acceptors (Lipinski definition) is 3. The topological polar surface area (TPSA) is 68.0 Å². The zero-order valence-electron chi connectivity index (χ0n) is 11.1. The van der Waals surface area contributed by atoms with Gasteiger partial charge in [0.15, 0.2) is 0 Å². The number of amides is 1. The molecule has 2 aromatic rings. The van der Waals surface area contributed by atoms with Crippen LogP contribution in [0.1, 0.15) is 24.0 Å². The second-order valence-electron chi connectivity index (χ2n) is 4.56. The molecule has 0 aliphatic heterocycles. The summed E-state index contributed by atoms with van der Waals surface area (Å²) in [5.74, 6) is 0.258. The average Bonchev–Trinajstić information content (AvgIpc) is 2.42. The van der Waals surface area contributed by atoms with E-state index < -0.39 is 0 Å². The van der Waals surface area contributed by atoms with Gasteiger partial charge in [0.25, 0.3) is 0 Å². The van der Waals surface area contributed by atoms with Gasteiger partial charge in [-0.1, -0.05) is 30.3 Å². The van der Waals surface area contributed by atoms with Gasteiger partial charge >= 0.3 is 0 Å². The molecule has 0 aliphatic carbocycles. The van der Waals surface area contributed by atoms with Crippen molar-refractivity contribution in [3.63, 3.8) is 0 Å². The summed E-state index contributed by atoms with van der Waals surface area (Å²) in [6.07, 6.45) is 1.54. The molecular formula is C15H17N3O. The van der Waals surface area contributed by atoms with Crippen LogP contribution in [0.3, 0.4) is 0 Å². The van der Waals surface area contributed by atoms with Crippen LogP contribution in [0.2, 0.25) is 0 Å². The number of aryl methyl sites for hydroxylation is 1. The number of nitrogens with two attached hydrogens (primary N) is 1. The molecule has 0 bridgehead atoms. The van der Waals surface area contributed by atoms with E-state index in [1.807, 2.05) is 44.2 Å². The lowest BCUT2D eigenvalue weighted by Gasteiger charge is -2.13. The number of nitrogens with zero attached hydrogens (tertiary/aromatic N) is 1. The molecule has 1 atom stereocenters. The van der Waals surface area contributed by atoms with Gasteiger partial charge in [-0.3, -0.25) is 4.79 Å². The minimum absolute atomic E-state index is 0.0772. The van der Waals surface area contributed by atoms with E-state index in [0.717, 1.165) is 11.1 Å². The Kier molecular flexibility index (Phi) is 3.80. The monoisotopic (exact) mass is 255 g/mol. The van der Waals surface area contributed by atoms with E-state index in [4.69, 9.17) is 5.73 Å². The summed E-state index contributed by atoms with van der Waals surface area (Å²) >= 11 is 0. The lowest BCUT2D eigenvalue weighted by atomic mass is 10.0. The van der Waals surface area contributed by atoms with E-state index in [0.29, 0.717) is 11.5 Å². The lowest BCUT2D eigenvalue weighted by molar-refractivity contribution is -0.117. The molecule has 0 spiro atoms. The summed E-state index contributed by atoms with van der Waals surface area (Å²) < 4.78 is 0. The SMILES string of the molecule is Cc1cc(N)cnc1NC(=O)C(C)c1ccccc1. The van der Waals surface area contributed by atoms with Crippen molar-refractivity contribution in [2.24, 2.45) is 0 Å². The van der Waals surface area contributed by atoms with Crippen molar-refractivity contribution in [3.8, 4) is 0 Å². The molecule has 3 N–H and O–H groups in total. The first kappa shape index (κ1) is 13.1. The van der Waals surface area contributed by atoms with Crippen LogP contribution in [-0.2, 0) is 4.79 Å². The van der Waals surface area contributed by atoms with Gasteiger partial charge in [-0.05, 0) is 31.0 Å². The van der Waals surface area contributed by atoms with E-state index in [9.17, 15) is 4.79 Å².